The molecule has 182 valence electrons. The highest BCUT2D eigenvalue weighted by Gasteiger charge is 2.29. The summed E-state index contributed by atoms with van der Waals surface area (Å²) in [4.78, 5) is 9.97. The maximum Gasteiger partial charge on any atom is 0.205 e. The Bertz CT molecular complexity index is 1550. The van der Waals surface area contributed by atoms with Crippen LogP contribution in [-0.2, 0) is 19.3 Å². The van der Waals surface area contributed by atoms with Gasteiger partial charge in [0.1, 0.15) is 11.3 Å². The Kier molecular flexibility index (Phi) is 5.60. The molecule has 0 saturated heterocycles. The van der Waals surface area contributed by atoms with Crippen LogP contribution in [0.15, 0.2) is 48.5 Å². The normalized spacial score (nSPS) is 15.9. The van der Waals surface area contributed by atoms with E-state index >= 15 is 0 Å². The highest BCUT2D eigenvalue weighted by atomic mass is 16.3. The topological polar surface area (TPSA) is 105 Å². The lowest BCUT2D eigenvalue weighted by atomic mass is 9.96. The summed E-state index contributed by atoms with van der Waals surface area (Å²) >= 11 is 0. The van der Waals surface area contributed by atoms with Gasteiger partial charge in [0.15, 0.2) is 5.65 Å². The lowest BCUT2D eigenvalue weighted by molar-refractivity contribution is 0.194. The standard InChI is InChI=1S/C28H29N7O/c1-4-25-30-26-16(2)13-20(14-17(3)36)29-28(26)35(25)24-12-10-19-15-18(9-11-22(19)24)21-7-5-6-8-23(21)27-31-33-34-32-27/h5-9,11,13,15,17,24,36H,4,10,12,14H2,1-3H3,(H,31,32,33,34)/t17?,24-/m0/s1. The predicted octanol–water partition coefficient (Wildman–Crippen LogP) is 4.61. The number of aryl methyl sites for hydroxylation is 3. The molecule has 2 aromatic carbocycles. The Morgan fingerprint density at radius 3 is 2.69 bits per heavy atom. The number of aromatic amines is 1. The van der Waals surface area contributed by atoms with Crippen LogP contribution in [0.1, 0.15) is 54.5 Å². The second-order valence-electron chi connectivity index (χ2n) is 9.66. The fourth-order valence-corrected chi connectivity index (χ4v) is 5.55. The summed E-state index contributed by atoms with van der Waals surface area (Å²) in [6, 6.07) is 17.2. The third kappa shape index (κ3) is 3.78. The van der Waals surface area contributed by atoms with E-state index in [1.165, 1.54) is 11.1 Å². The van der Waals surface area contributed by atoms with Crippen molar-refractivity contribution in [3.05, 3.63) is 76.7 Å². The molecule has 1 aliphatic rings. The molecule has 8 nitrogen and oxygen atoms in total. The number of nitrogens with zero attached hydrogens (tertiary/aromatic N) is 6. The van der Waals surface area contributed by atoms with Crippen LogP contribution < -0.4 is 0 Å². The van der Waals surface area contributed by atoms with Crippen molar-refractivity contribution in [1.29, 1.82) is 0 Å². The second-order valence-corrected chi connectivity index (χ2v) is 9.66. The average Bonchev–Trinajstić information content (AvgIpc) is 3.62. The van der Waals surface area contributed by atoms with Gasteiger partial charge in [-0.1, -0.05) is 49.4 Å². The largest absolute Gasteiger partial charge is 0.393 e. The fraction of sp³-hybridized carbons (Fsp3) is 0.321. The molecule has 8 heteroatoms. The van der Waals surface area contributed by atoms with Gasteiger partial charge in [0.2, 0.25) is 5.82 Å². The van der Waals surface area contributed by atoms with Crippen LogP contribution in [0, 0.1) is 6.92 Å². The number of aliphatic hydroxyl groups is 1. The first-order chi connectivity index (χ1) is 17.5. The predicted molar refractivity (Wildman–Crippen MR) is 139 cm³/mol. The Morgan fingerprint density at radius 1 is 1.11 bits per heavy atom. The zero-order valence-corrected chi connectivity index (χ0v) is 20.7. The molecule has 0 amide bonds. The number of benzene rings is 2. The van der Waals surface area contributed by atoms with E-state index in [1.54, 1.807) is 6.92 Å². The van der Waals surface area contributed by atoms with Crippen LogP contribution in [0.2, 0.25) is 0 Å². The van der Waals surface area contributed by atoms with E-state index in [0.29, 0.717) is 12.2 Å². The molecule has 6 rings (SSSR count). The molecule has 5 aromatic rings. The van der Waals surface area contributed by atoms with E-state index in [-0.39, 0.29) is 6.04 Å². The molecule has 0 spiro atoms. The molecule has 0 aliphatic heterocycles. The van der Waals surface area contributed by atoms with Crippen LogP contribution in [0.3, 0.4) is 0 Å². The van der Waals surface area contributed by atoms with E-state index in [2.05, 4.69) is 69.4 Å². The van der Waals surface area contributed by atoms with Crippen molar-refractivity contribution in [2.24, 2.45) is 0 Å². The molecule has 3 aromatic heterocycles. The summed E-state index contributed by atoms with van der Waals surface area (Å²) in [5, 5.41) is 24.6. The summed E-state index contributed by atoms with van der Waals surface area (Å²) in [7, 11) is 0. The minimum atomic E-state index is -0.433. The summed E-state index contributed by atoms with van der Waals surface area (Å²) in [5.74, 6) is 1.65. The summed E-state index contributed by atoms with van der Waals surface area (Å²) in [6.07, 6.45) is 2.94. The molecule has 0 fully saturated rings. The van der Waals surface area contributed by atoms with Crippen LogP contribution in [0.5, 0.6) is 0 Å². The van der Waals surface area contributed by atoms with Crippen molar-refractivity contribution in [3.8, 4) is 22.5 Å². The lowest BCUT2D eigenvalue weighted by Crippen LogP contribution is -2.13. The van der Waals surface area contributed by atoms with Gasteiger partial charge >= 0.3 is 0 Å². The Balaban J connectivity index is 1.44. The number of rotatable bonds is 6. The van der Waals surface area contributed by atoms with E-state index in [4.69, 9.17) is 9.97 Å². The number of tetrazole rings is 1. The maximum atomic E-state index is 9.96. The molecule has 3 heterocycles. The van der Waals surface area contributed by atoms with Crippen LogP contribution >= 0.6 is 0 Å². The molecular weight excluding hydrogens is 450 g/mol. The van der Waals surface area contributed by atoms with Crippen molar-refractivity contribution in [3.63, 3.8) is 0 Å². The maximum absolute atomic E-state index is 9.96. The van der Waals surface area contributed by atoms with Gasteiger partial charge < -0.3 is 9.67 Å². The van der Waals surface area contributed by atoms with Gasteiger partial charge in [-0.05, 0) is 65.8 Å². The number of hydrogen-bond acceptors (Lipinski definition) is 6. The number of pyridine rings is 1. The van der Waals surface area contributed by atoms with Gasteiger partial charge in [0.25, 0.3) is 0 Å². The molecule has 1 unspecified atom stereocenters. The third-order valence-corrected chi connectivity index (χ3v) is 7.11. The number of hydrogen-bond donors (Lipinski definition) is 2. The first kappa shape index (κ1) is 22.5. The minimum Gasteiger partial charge on any atom is -0.393 e. The first-order valence-corrected chi connectivity index (χ1v) is 12.5. The summed E-state index contributed by atoms with van der Waals surface area (Å²) < 4.78 is 2.34. The smallest absolute Gasteiger partial charge is 0.205 e. The summed E-state index contributed by atoms with van der Waals surface area (Å²) in [5.41, 5.74) is 9.77. The third-order valence-electron chi connectivity index (χ3n) is 7.11. The van der Waals surface area contributed by atoms with Gasteiger partial charge in [-0.3, -0.25) is 0 Å². The lowest BCUT2D eigenvalue weighted by Gasteiger charge is -2.18. The monoisotopic (exact) mass is 479 g/mol. The molecule has 0 saturated carbocycles. The zero-order valence-electron chi connectivity index (χ0n) is 20.7. The Labute approximate surface area is 209 Å². The quantitative estimate of drug-likeness (QED) is 0.369. The number of fused-ring (bicyclic) bond motifs is 2. The van der Waals surface area contributed by atoms with Crippen LogP contribution in [0.4, 0.5) is 0 Å². The van der Waals surface area contributed by atoms with Crippen LogP contribution in [-0.4, -0.2) is 46.4 Å². The molecule has 0 radical (unpaired) electrons. The van der Waals surface area contributed by atoms with E-state index in [0.717, 1.165) is 64.2 Å². The van der Waals surface area contributed by atoms with Gasteiger partial charge in [0, 0.05) is 24.1 Å². The van der Waals surface area contributed by atoms with E-state index in [1.807, 2.05) is 18.2 Å². The highest BCUT2D eigenvalue weighted by molar-refractivity contribution is 5.81. The Morgan fingerprint density at radius 2 is 1.94 bits per heavy atom. The van der Waals surface area contributed by atoms with Gasteiger partial charge in [-0.2, -0.15) is 5.21 Å². The van der Waals surface area contributed by atoms with Crippen molar-refractivity contribution in [1.82, 2.24) is 35.2 Å². The SMILES string of the molecule is CCc1nc2c(C)cc(CC(C)O)nc2n1[C@H]1CCc2cc(-c3ccccc3-c3nn[nH]n3)ccc21. The number of nitrogens with one attached hydrogen (secondary N) is 1. The highest BCUT2D eigenvalue weighted by Crippen LogP contribution is 2.40. The number of aliphatic hydroxyl groups excluding tert-OH is 1. The van der Waals surface area contributed by atoms with Crippen molar-refractivity contribution in [2.45, 2.75) is 58.6 Å². The Hall–Kier alpha value is -3.91. The zero-order chi connectivity index (χ0) is 24.8. The van der Waals surface area contributed by atoms with E-state index < -0.39 is 6.10 Å². The minimum absolute atomic E-state index is 0.190. The number of H-pyrrole nitrogens is 1. The first-order valence-electron chi connectivity index (χ1n) is 12.5. The van der Waals surface area contributed by atoms with Crippen molar-refractivity contribution < 1.29 is 5.11 Å². The molecule has 0 bridgehead atoms. The molecule has 36 heavy (non-hydrogen) atoms. The average molecular weight is 480 g/mol. The van der Waals surface area contributed by atoms with E-state index in [9.17, 15) is 5.11 Å². The fourth-order valence-electron chi connectivity index (χ4n) is 5.55. The molecule has 2 N–H and O–H groups in total. The molecule has 2 atom stereocenters. The van der Waals surface area contributed by atoms with Gasteiger partial charge in [0.05, 0.1) is 12.1 Å². The van der Waals surface area contributed by atoms with Crippen molar-refractivity contribution >= 4 is 11.2 Å². The number of imidazole rings is 1. The van der Waals surface area contributed by atoms with Crippen LogP contribution in [0.25, 0.3) is 33.7 Å². The van der Waals surface area contributed by atoms with Crippen molar-refractivity contribution in [2.75, 3.05) is 0 Å². The summed E-state index contributed by atoms with van der Waals surface area (Å²) in [6.45, 7) is 6.04. The van der Waals surface area contributed by atoms with Gasteiger partial charge in [-0.15, -0.1) is 10.2 Å². The second kappa shape index (κ2) is 8.95. The molecular formula is C28H29N7O. The van der Waals surface area contributed by atoms with Gasteiger partial charge in [-0.25, -0.2) is 9.97 Å². The number of aromatic nitrogens is 7. The molecule has 1 aliphatic carbocycles.